The predicted molar refractivity (Wildman–Crippen MR) is 78.7 cm³/mol. The Morgan fingerprint density at radius 3 is 2.61 bits per heavy atom. The predicted octanol–water partition coefficient (Wildman–Crippen LogP) is 4.30. The number of fused-ring (bicyclic) bond motifs is 3. The number of thiol groups is 1. The molecule has 1 nitrogen and oxygen atoms in total. The minimum Gasteiger partial charge on any atom is -0.378 e. The Kier molecular flexibility index (Phi) is 3.77. The maximum atomic E-state index is 6.19. The molecule has 0 aromatic rings. The largest absolute Gasteiger partial charge is 0.378 e. The molecule has 1 heterocycles. The molecule has 0 aromatic carbocycles. The van der Waals surface area contributed by atoms with Crippen LogP contribution in [0.4, 0.5) is 0 Å². The first-order valence-electron chi connectivity index (χ1n) is 7.68. The molecule has 0 radical (unpaired) electrons. The van der Waals surface area contributed by atoms with Gasteiger partial charge in [-0.25, -0.2) is 0 Å². The van der Waals surface area contributed by atoms with E-state index in [0.717, 1.165) is 29.3 Å². The SMILES string of the molecule is C=C(S)C1CCCC2C3CCCC3COC(C)C12. The van der Waals surface area contributed by atoms with Crippen molar-refractivity contribution in [2.75, 3.05) is 6.61 Å². The molecule has 0 amide bonds. The number of ether oxygens (including phenoxy) is 1. The molecule has 2 aliphatic carbocycles. The summed E-state index contributed by atoms with van der Waals surface area (Å²) in [5.74, 6) is 3.90. The Labute approximate surface area is 117 Å². The third-order valence-corrected chi connectivity index (χ3v) is 6.15. The van der Waals surface area contributed by atoms with Gasteiger partial charge in [0.2, 0.25) is 0 Å². The lowest BCUT2D eigenvalue weighted by Gasteiger charge is -2.42. The fourth-order valence-corrected chi connectivity index (χ4v) is 5.34. The molecule has 0 bridgehead atoms. The minimum absolute atomic E-state index is 0.398. The van der Waals surface area contributed by atoms with Gasteiger partial charge in [0.25, 0.3) is 0 Å². The Hall–Kier alpha value is 0.0500. The van der Waals surface area contributed by atoms with Crippen molar-refractivity contribution in [2.24, 2.45) is 29.6 Å². The van der Waals surface area contributed by atoms with Crippen LogP contribution in [0.5, 0.6) is 0 Å². The molecule has 3 fully saturated rings. The first-order valence-corrected chi connectivity index (χ1v) is 8.12. The van der Waals surface area contributed by atoms with Crippen LogP contribution in [0.3, 0.4) is 0 Å². The Morgan fingerprint density at radius 2 is 1.83 bits per heavy atom. The standard InChI is InChI=1S/C16H26OS/c1-10-16-13(11(2)18)6-4-8-15(16)14-7-3-5-12(14)9-17-10/h10,12-16,18H,2-9H2,1H3. The van der Waals surface area contributed by atoms with Gasteiger partial charge in [-0.2, -0.15) is 0 Å². The maximum Gasteiger partial charge on any atom is 0.0584 e. The molecular formula is C16H26OS. The van der Waals surface area contributed by atoms with E-state index in [4.69, 9.17) is 4.74 Å². The van der Waals surface area contributed by atoms with E-state index in [1.54, 1.807) is 0 Å². The molecule has 18 heavy (non-hydrogen) atoms. The summed E-state index contributed by atoms with van der Waals surface area (Å²) in [7, 11) is 0. The van der Waals surface area contributed by atoms with Crippen molar-refractivity contribution in [1.82, 2.24) is 0 Å². The highest BCUT2D eigenvalue weighted by atomic mass is 32.1. The van der Waals surface area contributed by atoms with Gasteiger partial charge in [0, 0.05) is 0 Å². The van der Waals surface area contributed by atoms with Crippen molar-refractivity contribution in [1.29, 1.82) is 0 Å². The Bertz CT molecular complexity index is 327. The molecule has 6 unspecified atom stereocenters. The van der Waals surface area contributed by atoms with Gasteiger partial charge in [-0.05, 0) is 67.1 Å². The average molecular weight is 266 g/mol. The van der Waals surface area contributed by atoms with E-state index in [0.29, 0.717) is 17.9 Å². The lowest BCUT2D eigenvalue weighted by Crippen LogP contribution is -2.38. The summed E-state index contributed by atoms with van der Waals surface area (Å²) in [4.78, 5) is 1.09. The van der Waals surface area contributed by atoms with E-state index in [9.17, 15) is 0 Å². The Morgan fingerprint density at radius 1 is 1.11 bits per heavy atom. The highest BCUT2D eigenvalue weighted by molar-refractivity contribution is 7.84. The van der Waals surface area contributed by atoms with Gasteiger partial charge >= 0.3 is 0 Å². The van der Waals surface area contributed by atoms with Crippen LogP contribution in [-0.2, 0) is 4.74 Å². The van der Waals surface area contributed by atoms with Gasteiger partial charge in [0.05, 0.1) is 12.7 Å². The molecule has 102 valence electrons. The third-order valence-electron chi connectivity index (χ3n) is 5.82. The van der Waals surface area contributed by atoms with Crippen LogP contribution >= 0.6 is 12.6 Å². The first-order chi connectivity index (χ1) is 8.68. The number of rotatable bonds is 1. The van der Waals surface area contributed by atoms with E-state index >= 15 is 0 Å². The zero-order valence-electron chi connectivity index (χ0n) is 11.5. The fraction of sp³-hybridized carbons (Fsp3) is 0.875. The molecule has 1 saturated heterocycles. The fourth-order valence-electron chi connectivity index (χ4n) is 5.04. The number of hydrogen-bond donors (Lipinski definition) is 1. The Balaban J connectivity index is 1.89. The van der Waals surface area contributed by atoms with E-state index in [1.807, 2.05) is 0 Å². The van der Waals surface area contributed by atoms with Crippen LogP contribution in [0, 0.1) is 29.6 Å². The van der Waals surface area contributed by atoms with Crippen LogP contribution in [0.15, 0.2) is 11.5 Å². The van der Waals surface area contributed by atoms with Crippen LogP contribution in [0.1, 0.15) is 45.4 Å². The van der Waals surface area contributed by atoms with E-state index < -0.39 is 0 Å². The van der Waals surface area contributed by atoms with Gasteiger partial charge in [-0.1, -0.05) is 19.4 Å². The monoisotopic (exact) mass is 266 g/mol. The molecule has 2 heteroatoms. The minimum atomic E-state index is 0.398. The second-order valence-electron chi connectivity index (χ2n) is 6.66. The summed E-state index contributed by atoms with van der Waals surface area (Å²) >= 11 is 4.58. The van der Waals surface area contributed by atoms with E-state index in [1.165, 1.54) is 38.5 Å². The van der Waals surface area contributed by atoms with Crippen LogP contribution < -0.4 is 0 Å². The molecule has 0 aromatic heterocycles. The molecule has 2 saturated carbocycles. The van der Waals surface area contributed by atoms with E-state index in [-0.39, 0.29) is 0 Å². The topological polar surface area (TPSA) is 9.23 Å². The third kappa shape index (κ3) is 2.16. The zero-order chi connectivity index (χ0) is 12.7. The highest BCUT2D eigenvalue weighted by Gasteiger charge is 2.47. The van der Waals surface area contributed by atoms with E-state index in [2.05, 4.69) is 26.1 Å². The number of hydrogen-bond acceptors (Lipinski definition) is 2. The smallest absolute Gasteiger partial charge is 0.0584 e. The molecular weight excluding hydrogens is 240 g/mol. The van der Waals surface area contributed by atoms with Gasteiger partial charge < -0.3 is 4.74 Å². The van der Waals surface area contributed by atoms with Crippen molar-refractivity contribution in [3.05, 3.63) is 11.5 Å². The molecule has 3 rings (SSSR count). The van der Waals surface area contributed by atoms with Crippen molar-refractivity contribution in [2.45, 2.75) is 51.6 Å². The van der Waals surface area contributed by atoms with Crippen molar-refractivity contribution >= 4 is 12.6 Å². The summed E-state index contributed by atoms with van der Waals surface area (Å²) in [6.45, 7) is 7.42. The maximum absolute atomic E-state index is 6.19. The number of allylic oxidation sites excluding steroid dienone is 1. The second-order valence-corrected chi connectivity index (χ2v) is 7.24. The van der Waals surface area contributed by atoms with Gasteiger partial charge in [-0.15, -0.1) is 12.6 Å². The molecule has 6 atom stereocenters. The molecule has 0 spiro atoms. The van der Waals surface area contributed by atoms with Crippen LogP contribution in [-0.4, -0.2) is 12.7 Å². The summed E-state index contributed by atoms with van der Waals surface area (Å²) < 4.78 is 6.19. The quantitative estimate of drug-likeness (QED) is 0.696. The summed E-state index contributed by atoms with van der Waals surface area (Å²) in [5.41, 5.74) is 0. The lowest BCUT2D eigenvalue weighted by atomic mass is 9.64. The zero-order valence-corrected chi connectivity index (χ0v) is 12.4. The van der Waals surface area contributed by atoms with Gasteiger partial charge in [0.15, 0.2) is 0 Å². The van der Waals surface area contributed by atoms with Crippen LogP contribution in [0.2, 0.25) is 0 Å². The summed E-state index contributed by atoms with van der Waals surface area (Å²) in [5, 5.41) is 0. The first kappa shape index (κ1) is 13.1. The summed E-state index contributed by atoms with van der Waals surface area (Å²) in [6, 6.07) is 0. The summed E-state index contributed by atoms with van der Waals surface area (Å²) in [6.07, 6.45) is 8.70. The van der Waals surface area contributed by atoms with Crippen molar-refractivity contribution < 1.29 is 4.74 Å². The average Bonchev–Trinajstić information content (AvgIpc) is 2.78. The van der Waals surface area contributed by atoms with Crippen molar-refractivity contribution in [3.8, 4) is 0 Å². The van der Waals surface area contributed by atoms with Crippen molar-refractivity contribution in [3.63, 3.8) is 0 Å². The molecule has 3 aliphatic rings. The molecule has 1 aliphatic heterocycles. The molecule has 0 N–H and O–H groups in total. The van der Waals surface area contributed by atoms with Gasteiger partial charge in [0.1, 0.15) is 0 Å². The highest BCUT2D eigenvalue weighted by Crippen LogP contribution is 2.52. The lowest BCUT2D eigenvalue weighted by molar-refractivity contribution is -0.00995. The van der Waals surface area contributed by atoms with Gasteiger partial charge in [-0.3, -0.25) is 0 Å². The second kappa shape index (κ2) is 5.20. The van der Waals surface area contributed by atoms with Crippen LogP contribution in [0.25, 0.3) is 0 Å². The normalized spacial score (nSPS) is 48.1.